The fourth-order valence-electron chi connectivity index (χ4n) is 7.26. The molecule has 268 valence electrons. The van der Waals surface area contributed by atoms with E-state index in [1.165, 1.54) is 17.4 Å². The summed E-state index contributed by atoms with van der Waals surface area (Å²) in [5, 5.41) is 12.8. The second-order valence-electron chi connectivity index (χ2n) is 15.7. The molecule has 0 aromatic heterocycles. The number of halogens is 1. The van der Waals surface area contributed by atoms with E-state index in [0.29, 0.717) is 29.7 Å². The summed E-state index contributed by atoms with van der Waals surface area (Å²) < 4.78 is 14.0. The van der Waals surface area contributed by atoms with Crippen LogP contribution in [0.15, 0.2) is 23.4 Å². The van der Waals surface area contributed by atoms with Crippen LogP contribution in [0.5, 0.6) is 0 Å². The number of rotatable bonds is 12. The molecular weight excluding hydrogens is 629 g/mol. The van der Waals surface area contributed by atoms with Crippen LogP contribution in [0.3, 0.4) is 0 Å². The molecular formula is C37H52FN5O6. The van der Waals surface area contributed by atoms with Gasteiger partial charge in [-0.1, -0.05) is 64.6 Å². The maximum absolute atomic E-state index is 14.6. The van der Waals surface area contributed by atoms with E-state index in [9.17, 15) is 28.4 Å². The number of oxime groups is 1. The van der Waals surface area contributed by atoms with E-state index in [2.05, 4.69) is 21.1 Å². The smallest absolute Gasteiger partial charge is 0.289 e. The van der Waals surface area contributed by atoms with Gasteiger partial charge < -0.3 is 25.7 Å². The van der Waals surface area contributed by atoms with E-state index < -0.39 is 52.6 Å². The molecule has 1 spiro atoms. The van der Waals surface area contributed by atoms with Crippen LogP contribution < -0.4 is 16.0 Å². The van der Waals surface area contributed by atoms with Crippen molar-refractivity contribution >= 4 is 35.1 Å². The molecule has 3 fully saturated rings. The van der Waals surface area contributed by atoms with Crippen LogP contribution in [-0.4, -0.2) is 76.3 Å². The summed E-state index contributed by atoms with van der Waals surface area (Å²) in [5.74, 6) is -2.70. The Morgan fingerprint density at radius 1 is 1.06 bits per heavy atom. The lowest BCUT2D eigenvalue weighted by Gasteiger charge is -2.36. The summed E-state index contributed by atoms with van der Waals surface area (Å²) in [6, 6.07) is 1.60. The first-order chi connectivity index (χ1) is 23.2. The highest BCUT2D eigenvalue weighted by atomic mass is 19.1. The molecule has 0 unspecified atom stereocenters. The summed E-state index contributed by atoms with van der Waals surface area (Å²) >= 11 is 0. The summed E-state index contributed by atoms with van der Waals surface area (Å²) in [6.07, 6.45) is 8.45. The van der Waals surface area contributed by atoms with Crippen molar-refractivity contribution in [1.29, 1.82) is 0 Å². The molecule has 2 aliphatic heterocycles. The van der Waals surface area contributed by atoms with Gasteiger partial charge in [0.05, 0.1) is 18.3 Å². The van der Waals surface area contributed by atoms with Crippen LogP contribution in [0.1, 0.15) is 116 Å². The summed E-state index contributed by atoms with van der Waals surface area (Å²) in [6.45, 7) is 9.14. The molecule has 11 nitrogen and oxygen atoms in total. The molecule has 4 atom stereocenters. The highest BCUT2D eigenvalue weighted by Gasteiger charge is 2.55. The van der Waals surface area contributed by atoms with Gasteiger partial charge in [-0.2, -0.15) is 0 Å². The third kappa shape index (κ3) is 8.86. The molecule has 2 aliphatic carbocycles. The minimum Gasteiger partial charge on any atom is -0.387 e. The van der Waals surface area contributed by atoms with Gasteiger partial charge in [0, 0.05) is 25.3 Å². The number of carbonyl (C=O) groups is 5. The Kier molecular flexibility index (Phi) is 11.1. The van der Waals surface area contributed by atoms with Crippen LogP contribution in [0.2, 0.25) is 0 Å². The average Bonchev–Trinajstić information content (AvgIpc) is 3.65. The molecule has 1 saturated heterocycles. The Morgan fingerprint density at radius 3 is 2.41 bits per heavy atom. The van der Waals surface area contributed by atoms with Gasteiger partial charge in [0.15, 0.2) is 5.60 Å². The minimum atomic E-state index is -1.06. The van der Waals surface area contributed by atoms with E-state index in [1.54, 1.807) is 19.1 Å². The molecule has 12 heteroatoms. The second-order valence-corrected chi connectivity index (χ2v) is 15.7. The molecule has 1 aromatic rings. The molecule has 2 saturated carbocycles. The molecule has 1 aromatic carbocycles. The third-order valence-electron chi connectivity index (χ3n) is 10.3. The van der Waals surface area contributed by atoms with E-state index in [4.69, 9.17) is 4.84 Å². The number of Topliss-reactive ketones (excluding diaryl/α,β-unsaturated/α-hetero) is 1. The summed E-state index contributed by atoms with van der Waals surface area (Å²) in [7, 11) is 0. The van der Waals surface area contributed by atoms with Gasteiger partial charge in [-0.3, -0.25) is 24.0 Å². The number of amides is 4. The molecule has 49 heavy (non-hydrogen) atoms. The second kappa shape index (κ2) is 15.0. The first kappa shape index (κ1) is 36.5. The molecule has 5 rings (SSSR count). The van der Waals surface area contributed by atoms with Crippen molar-refractivity contribution in [3.63, 3.8) is 0 Å². The van der Waals surface area contributed by atoms with Gasteiger partial charge in [0.1, 0.15) is 17.9 Å². The van der Waals surface area contributed by atoms with Crippen LogP contribution in [0, 0.1) is 24.1 Å². The van der Waals surface area contributed by atoms with Crippen molar-refractivity contribution in [2.24, 2.45) is 16.5 Å². The molecule has 0 radical (unpaired) electrons. The minimum absolute atomic E-state index is 0.0106. The quantitative estimate of drug-likeness (QED) is 0.282. The molecule has 2 heterocycles. The zero-order valence-corrected chi connectivity index (χ0v) is 29.5. The zero-order chi connectivity index (χ0) is 35.5. The largest absolute Gasteiger partial charge is 0.387 e. The topological polar surface area (TPSA) is 146 Å². The molecule has 3 N–H and O–H groups in total. The van der Waals surface area contributed by atoms with Crippen LogP contribution in [-0.2, 0) is 28.8 Å². The highest BCUT2D eigenvalue weighted by Crippen LogP contribution is 2.40. The van der Waals surface area contributed by atoms with Gasteiger partial charge in [-0.05, 0) is 73.6 Å². The van der Waals surface area contributed by atoms with Crippen molar-refractivity contribution in [1.82, 2.24) is 20.9 Å². The normalized spacial score (nSPS) is 23.8. The predicted molar refractivity (Wildman–Crippen MR) is 182 cm³/mol. The summed E-state index contributed by atoms with van der Waals surface area (Å²) in [5.41, 5.74) is -0.0465. The number of nitrogens with one attached hydrogen (secondary N) is 3. The SMILES string of the molecule is CCC[C@H](NC(=O)[C@@H]1C[C@]2(CC(c3ccc(F)c(C)c3)=NO2)CN1C(=O)[C@@H](NC(=O)CC1CCCCC1)C(C)(C)C)C(=O)C(=O)NC1CC1. The van der Waals surface area contributed by atoms with Gasteiger partial charge in [-0.15, -0.1) is 0 Å². The Bertz CT molecular complexity index is 1480. The maximum atomic E-state index is 14.6. The Balaban J connectivity index is 1.39. The lowest BCUT2D eigenvalue weighted by atomic mass is 9.84. The molecule has 0 bridgehead atoms. The highest BCUT2D eigenvalue weighted by molar-refractivity contribution is 6.38. The van der Waals surface area contributed by atoms with Gasteiger partial charge >= 0.3 is 0 Å². The number of ketones is 1. The van der Waals surface area contributed by atoms with Crippen molar-refractivity contribution in [3.05, 3.63) is 35.1 Å². The fourth-order valence-corrected chi connectivity index (χ4v) is 7.26. The van der Waals surface area contributed by atoms with Crippen LogP contribution >= 0.6 is 0 Å². The third-order valence-corrected chi connectivity index (χ3v) is 10.3. The first-order valence-corrected chi connectivity index (χ1v) is 18.0. The lowest BCUT2D eigenvalue weighted by molar-refractivity contribution is -0.145. The predicted octanol–water partition coefficient (Wildman–Crippen LogP) is 4.23. The Morgan fingerprint density at radius 2 is 1.78 bits per heavy atom. The van der Waals surface area contributed by atoms with Crippen molar-refractivity contribution in [2.45, 2.75) is 141 Å². The number of hydrogen-bond acceptors (Lipinski definition) is 7. The van der Waals surface area contributed by atoms with E-state index >= 15 is 0 Å². The average molecular weight is 682 g/mol. The van der Waals surface area contributed by atoms with Crippen molar-refractivity contribution in [2.75, 3.05) is 6.54 Å². The molecule has 4 aliphatic rings. The Hall–Kier alpha value is -3.83. The monoisotopic (exact) mass is 681 g/mol. The van der Waals surface area contributed by atoms with E-state index in [-0.39, 0.29) is 49.5 Å². The van der Waals surface area contributed by atoms with Crippen LogP contribution in [0.25, 0.3) is 0 Å². The number of benzene rings is 1. The van der Waals surface area contributed by atoms with E-state index in [0.717, 1.165) is 38.5 Å². The van der Waals surface area contributed by atoms with Crippen molar-refractivity contribution in [3.8, 4) is 0 Å². The number of carbonyl (C=O) groups excluding carboxylic acids is 5. The Labute approximate surface area is 288 Å². The first-order valence-electron chi connectivity index (χ1n) is 18.0. The van der Waals surface area contributed by atoms with Gasteiger partial charge in [-0.25, -0.2) is 4.39 Å². The molecule has 4 amide bonds. The zero-order valence-electron chi connectivity index (χ0n) is 29.5. The van der Waals surface area contributed by atoms with E-state index in [1.807, 2.05) is 27.7 Å². The number of hydrogen-bond donors (Lipinski definition) is 3. The van der Waals surface area contributed by atoms with Gasteiger partial charge in [0.25, 0.3) is 5.91 Å². The lowest BCUT2D eigenvalue weighted by Crippen LogP contribution is -2.59. The summed E-state index contributed by atoms with van der Waals surface area (Å²) in [4.78, 5) is 75.3. The van der Waals surface area contributed by atoms with Gasteiger partial charge in [0.2, 0.25) is 23.5 Å². The maximum Gasteiger partial charge on any atom is 0.289 e. The standard InChI is InChI=1S/C37H52FN5O6/c1-6-10-27(31(45)34(47)39-25-14-15-25)40-33(46)29-20-37(19-28(42-49-37)24-13-16-26(38)22(2)17-24)21-43(29)35(48)32(36(3,4)5)41-30(44)18-23-11-8-7-9-12-23/h13,16-17,23,25,27,29,32H,6-12,14-15,18-21H2,1-5H3,(H,39,47)(H,40,46)(H,41,44)/t27-,29-,32+,37+/m0/s1. The number of nitrogens with zero attached hydrogens (tertiary/aromatic N) is 2. The van der Waals surface area contributed by atoms with Crippen LogP contribution in [0.4, 0.5) is 4.39 Å². The fraction of sp³-hybridized carbons (Fsp3) is 0.676. The number of likely N-dealkylation sites (tertiary alicyclic amines) is 1. The number of aryl methyl sites for hydroxylation is 1. The van der Waals surface area contributed by atoms with Crippen molar-refractivity contribution < 1.29 is 33.2 Å².